The number of thiophene rings is 1. The minimum absolute atomic E-state index is 0.00688. The average Bonchev–Trinajstić information content (AvgIpc) is 3.46. The van der Waals surface area contributed by atoms with Crippen molar-refractivity contribution in [3.05, 3.63) is 69.9 Å². The number of benzene rings is 1. The molecular formula is C27H36FN3O3S. The smallest absolute Gasteiger partial charge is 0.246 e. The van der Waals surface area contributed by atoms with E-state index < -0.39 is 18.5 Å². The van der Waals surface area contributed by atoms with E-state index >= 15 is 0 Å². The maximum atomic E-state index is 12.7. The van der Waals surface area contributed by atoms with Crippen molar-refractivity contribution in [2.75, 3.05) is 6.67 Å². The number of nitrogens with zero attached hydrogens (tertiary/aromatic N) is 1. The first-order valence-electron chi connectivity index (χ1n) is 11.7. The van der Waals surface area contributed by atoms with Crippen LogP contribution in [0.2, 0.25) is 0 Å². The number of alkyl halides is 1. The molecule has 2 aromatic rings. The molecule has 3 N–H and O–H groups in total. The molecule has 0 radical (unpaired) electrons. The van der Waals surface area contributed by atoms with Gasteiger partial charge in [0.2, 0.25) is 11.8 Å². The zero-order valence-electron chi connectivity index (χ0n) is 20.9. The van der Waals surface area contributed by atoms with Crippen LogP contribution in [-0.4, -0.2) is 41.3 Å². The molecule has 2 atom stereocenters. The number of carbonyl (C=O) groups excluding carboxylic acids is 3. The van der Waals surface area contributed by atoms with Crippen molar-refractivity contribution in [3.8, 4) is 0 Å². The minimum atomic E-state index is -0.833. The molecule has 0 saturated heterocycles. The summed E-state index contributed by atoms with van der Waals surface area (Å²) in [5.74, 6) is -0.643. The Balaban J connectivity index is 0.000000784. The Morgan fingerprint density at radius 2 is 1.74 bits per heavy atom. The normalized spacial score (nSPS) is 14.6. The van der Waals surface area contributed by atoms with Gasteiger partial charge < -0.3 is 16.0 Å². The fraction of sp³-hybridized carbons (Fsp3) is 0.444. The second-order valence-electron chi connectivity index (χ2n) is 9.93. The van der Waals surface area contributed by atoms with E-state index in [4.69, 9.17) is 5.73 Å². The molecule has 1 aromatic heterocycles. The maximum absolute atomic E-state index is 12.7. The Kier molecular flexibility index (Phi) is 10.8. The van der Waals surface area contributed by atoms with E-state index in [1.807, 2.05) is 40.6 Å². The maximum Gasteiger partial charge on any atom is 0.246 e. The molecule has 2 amide bonds. The number of hydrogen-bond acceptors (Lipinski definition) is 5. The summed E-state index contributed by atoms with van der Waals surface area (Å²) in [4.78, 5) is 37.7. The summed E-state index contributed by atoms with van der Waals surface area (Å²) < 4.78 is 10.8. The standard InChI is InChI=1S/C24H31N3O2S.C3H5FO/c1-24(2,3)14-19(26-23(29)21(25)13-20-9-6-12-30-20)10-11-22(28)27-15-17-7-4-5-8-18(17)16-27;1-3(5)2-4/h4-12,19,21H,13-16,25H2,1-3H3,(H,26,29);2H2,1H3/b11-10+;/t19-,21+;/m1./s1. The monoisotopic (exact) mass is 501 g/mol. The van der Waals surface area contributed by atoms with Crippen molar-refractivity contribution in [1.82, 2.24) is 10.2 Å². The number of halogens is 1. The Morgan fingerprint density at radius 1 is 1.14 bits per heavy atom. The van der Waals surface area contributed by atoms with Gasteiger partial charge in [-0.2, -0.15) is 0 Å². The third kappa shape index (κ3) is 10.1. The molecule has 190 valence electrons. The van der Waals surface area contributed by atoms with Crippen molar-refractivity contribution in [2.24, 2.45) is 11.1 Å². The SMILES string of the molecule is CC(=O)CF.CC(C)(C)C[C@@H](/C=C/C(=O)N1Cc2ccccc2C1)NC(=O)[C@@H](N)Cc1cccs1. The minimum Gasteiger partial charge on any atom is -0.349 e. The van der Waals surface area contributed by atoms with Crippen LogP contribution in [0.3, 0.4) is 0 Å². The Morgan fingerprint density at radius 3 is 2.23 bits per heavy atom. The van der Waals surface area contributed by atoms with E-state index in [1.165, 1.54) is 18.1 Å². The number of carbonyl (C=O) groups is 3. The number of ketones is 1. The molecule has 0 bridgehead atoms. The highest BCUT2D eigenvalue weighted by Gasteiger charge is 2.24. The van der Waals surface area contributed by atoms with Crippen LogP contribution < -0.4 is 11.1 Å². The van der Waals surface area contributed by atoms with Crippen LogP contribution in [0.25, 0.3) is 0 Å². The number of fused-ring (bicyclic) bond motifs is 1. The highest BCUT2D eigenvalue weighted by molar-refractivity contribution is 7.09. The predicted molar refractivity (Wildman–Crippen MR) is 138 cm³/mol. The number of rotatable bonds is 8. The summed E-state index contributed by atoms with van der Waals surface area (Å²) in [5, 5.41) is 5.01. The van der Waals surface area contributed by atoms with E-state index in [0.717, 1.165) is 4.88 Å². The van der Waals surface area contributed by atoms with E-state index in [2.05, 4.69) is 38.2 Å². The molecule has 1 aromatic carbocycles. The zero-order valence-corrected chi connectivity index (χ0v) is 21.7. The summed E-state index contributed by atoms with van der Waals surface area (Å²) in [6, 6.07) is 11.2. The van der Waals surface area contributed by atoms with Gasteiger partial charge >= 0.3 is 0 Å². The van der Waals surface area contributed by atoms with Crippen LogP contribution in [-0.2, 0) is 33.9 Å². The Hall–Kier alpha value is -2.84. The van der Waals surface area contributed by atoms with Gasteiger partial charge in [-0.3, -0.25) is 14.4 Å². The lowest BCUT2D eigenvalue weighted by Crippen LogP contribution is -2.46. The first kappa shape index (κ1) is 28.4. The van der Waals surface area contributed by atoms with Gasteiger partial charge in [-0.1, -0.05) is 57.2 Å². The first-order chi connectivity index (χ1) is 16.5. The van der Waals surface area contributed by atoms with Gasteiger partial charge in [0.25, 0.3) is 0 Å². The molecule has 0 unspecified atom stereocenters. The van der Waals surface area contributed by atoms with Crippen LogP contribution in [0.5, 0.6) is 0 Å². The Bertz CT molecular complexity index is 990. The van der Waals surface area contributed by atoms with Crippen LogP contribution in [0.1, 0.15) is 50.1 Å². The van der Waals surface area contributed by atoms with E-state index in [1.54, 1.807) is 17.4 Å². The summed E-state index contributed by atoms with van der Waals surface area (Å²) in [5.41, 5.74) is 8.50. The topological polar surface area (TPSA) is 92.5 Å². The molecule has 6 nitrogen and oxygen atoms in total. The lowest BCUT2D eigenvalue weighted by molar-refractivity contribution is -0.127. The van der Waals surface area contributed by atoms with E-state index in [-0.39, 0.29) is 23.3 Å². The molecule has 3 rings (SSSR count). The number of Topliss-reactive ketones (excluding diaryl/α,β-unsaturated/α-hetero) is 1. The highest BCUT2D eigenvalue weighted by Crippen LogP contribution is 2.24. The number of nitrogens with one attached hydrogen (secondary N) is 1. The molecule has 0 aliphatic carbocycles. The molecule has 0 spiro atoms. The molecule has 1 aliphatic rings. The molecule has 1 aliphatic heterocycles. The molecule has 35 heavy (non-hydrogen) atoms. The molecular weight excluding hydrogens is 465 g/mol. The number of amides is 2. The fourth-order valence-corrected chi connectivity index (χ4v) is 4.41. The second kappa shape index (κ2) is 13.3. The average molecular weight is 502 g/mol. The van der Waals surface area contributed by atoms with Crippen LogP contribution in [0.15, 0.2) is 53.9 Å². The molecule has 2 heterocycles. The number of nitrogens with two attached hydrogens (primary N) is 1. The summed E-state index contributed by atoms with van der Waals surface area (Å²) in [6.45, 7) is 7.97. The zero-order chi connectivity index (χ0) is 26.0. The molecule has 0 fully saturated rings. The van der Waals surface area contributed by atoms with Crippen molar-refractivity contribution in [1.29, 1.82) is 0 Å². The molecule has 0 saturated carbocycles. The highest BCUT2D eigenvalue weighted by atomic mass is 32.1. The van der Waals surface area contributed by atoms with Gasteiger partial charge in [0, 0.05) is 36.5 Å². The summed E-state index contributed by atoms with van der Waals surface area (Å²) >= 11 is 1.60. The molecule has 8 heteroatoms. The summed E-state index contributed by atoms with van der Waals surface area (Å²) in [6.07, 6.45) is 4.63. The van der Waals surface area contributed by atoms with Crippen molar-refractivity contribution >= 4 is 28.9 Å². The van der Waals surface area contributed by atoms with Gasteiger partial charge in [0.1, 0.15) is 6.67 Å². The van der Waals surface area contributed by atoms with Gasteiger partial charge in [-0.05, 0) is 41.3 Å². The lowest BCUT2D eigenvalue weighted by Gasteiger charge is -2.26. The van der Waals surface area contributed by atoms with Crippen molar-refractivity contribution in [3.63, 3.8) is 0 Å². The predicted octanol–water partition coefficient (Wildman–Crippen LogP) is 4.18. The van der Waals surface area contributed by atoms with E-state index in [9.17, 15) is 18.8 Å². The fourth-order valence-electron chi connectivity index (χ4n) is 3.65. The van der Waals surface area contributed by atoms with Gasteiger partial charge in [0.15, 0.2) is 5.78 Å². The van der Waals surface area contributed by atoms with E-state index in [0.29, 0.717) is 25.9 Å². The Labute approximate surface area is 211 Å². The van der Waals surface area contributed by atoms with Gasteiger partial charge in [-0.15, -0.1) is 11.3 Å². The first-order valence-corrected chi connectivity index (χ1v) is 12.5. The largest absolute Gasteiger partial charge is 0.349 e. The number of hydrogen-bond donors (Lipinski definition) is 2. The lowest BCUT2D eigenvalue weighted by atomic mass is 9.87. The second-order valence-corrected chi connectivity index (χ2v) is 11.0. The quantitative estimate of drug-likeness (QED) is 0.531. The van der Waals surface area contributed by atoms with Gasteiger partial charge in [-0.25, -0.2) is 4.39 Å². The van der Waals surface area contributed by atoms with Crippen LogP contribution >= 0.6 is 11.3 Å². The van der Waals surface area contributed by atoms with Crippen molar-refractivity contribution in [2.45, 2.75) is 65.7 Å². The van der Waals surface area contributed by atoms with Crippen LogP contribution in [0.4, 0.5) is 4.39 Å². The summed E-state index contributed by atoms with van der Waals surface area (Å²) in [7, 11) is 0. The van der Waals surface area contributed by atoms with Gasteiger partial charge in [0.05, 0.1) is 6.04 Å². The van der Waals surface area contributed by atoms with Crippen molar-refractivity contribution < 1.29 is 18.8 Å². The third-order valence-corrected chi connectivity index (χ3v) is 6.21. The third-order valence-electron chi connectivity index (χ3n) is 5.31. The van der Waals surface area contributed by atoms with Crippen LogP contribution in [0, 0.1) is 5.41 Å².